The van der Waals surface area contributed by atoms with Crippen molar-refractivity contribution in [1.29, 1.82) is 0 Å². The predicted molar refractivity (Wildman–Crippen MR) is 62.0 cm³/mol. The summed E-state index contributed by atoms with van der Waals surface area (Å²) >= 11 is 0. The van der Waals surface area contributed by atoms with Crippen LogP contribution in [0.4, 0.5) is 0 Å². The first-order valence-electron chi connectivity index (χ1n) is 4.34. The molecule has 0 fully saturated rings. The molecule has 0 aliphatic heterocycles. The van der Waals surface area contributed by atoms with E-state index in [9.17, 15) is 4.79 Å². The minimum Gasteiger partial charge on any atom is -0.481 e. The number of pyridine rings is 1. The van der Waals surface area contributed by atoms with Crippen LogP contribution in [0.1, 0.15) is 16.8 Å². The van der Waals surface area contributed by atoms with Gasteiger partial charge in [-0.1, -0.05) is 0 Å². The van der Waals surface area contributed by atoms with Crippen LogP contribution < -0.4 is 0 Å². The number of carbonyl (C=O) groups is 1. The third kappa shape index (κ3) is 2.61. The number of rotatable bonds is 1. The van der Waals surface area contributed by atoms with Gasteiger partial charge in [-0.2, -0.15) is 0 Å². The van der Waals surface area contributed by atoms with Crippen molar-refractivity contribution in [3.8, 4) is 0 Å². The summed E-state index contributed by atoms with van der Waals surface area (Å²) < 4.78 is 0. The molecular weight excluding hydrogens is 237 g/mol. The largest absolute Gasteiger partial charge is 0.481 e. The lowest BCUT2D eigenvalue weighted by atomic mass is 10.1. The molecule has 1 aliphatic carbocycles. The van der Waals surface area contributed by atoms with E-state index >= 15 is 0 Å². The highest BCUT2D eigenvalue weighted by molar-refractivity contribution is 5.85. The number of halogens is 2. The Morgan fingerprint density at radius 2 is 2.13 bits per heavy atom. The second-order valence-electron chi connectivity index (χ2n) is 3.50. The van der Waals surface area contributed by atoms with Crippen molar-refractivity contribution in [1.82, 2.24) is 4.98 Å². The van der Waals surface area contributed by atoms with E-state index in [-0.39, 0.29) is 30.7 Å². The monoisotopic (exact) mass is 249 g/mol. The van der Waals surface area contributed by atoms with Gasteiger partial charge in [0.05, 0.1) is 5.92 Å². The maximum Gasteiger partial charge on any atom is 0.307 e. The summed E-state index contributed by atoms with van der Waals surface area (Å²) in [7, 11) is 0. The van der Waals surface area contributed by atoms with Gasteiger partial charge >= 0.3 is 5.97 Å². The fourth-order valence-corrected chi connectivity index (χ4v) is 1.83. The lowest BCUT2D eigenvalue weighted by Gasteiger charge is -2.00. The molecule has 1 atom stereocenters. The molecule has 0 radical (unpaired) electrons. The van der Waals surface area contributed by atoms with E-state index in [2.05, 4.69) is 4.98 Å². The SMILES string of the molecule is Cc1ccnc2c1CC(C(=O)O)C2.Cl.Cl. The number of fused-ring (bicyclic) bond motifs is 1. The van der Waals surface area contributed by atoms with Crippen LogP contribution >= 0.6 is 24.8 Å². The van der Waals surface area contributed by atoms with Gasteiger partial charge in [-0.15, -0.1) is 24.8 Å². The molecule has 1 N–H and O–H groups in total. The van der Waals surface area contributed by atoms with Gasteiger partial charge in [-0.25, -0.2) is 0 Å². The maximum atomic E-state index is 10.8. The van der Waals surface area contributed by atoms with E-state index in [4.69, 9.17) is 5.11 Å². The zero-order chi connectivity index (χ0) is 9.42. The molecule has 0 saturated carbocycles. The van der Waals surface area contributed by atoms with Crippen LogP contribution in [0.2, 0.25) is 0 Å². The molecule has 1 aromatic heterocycles. The molecule has 5 heteroatoms. The Morgan fingerprint density at radius 3 is 2.67 bits per heavy atom. The minimum absolute atomic E-state index is 0. The topological polar surface area (TPSA) is 50.2 Å². The molecule has 0 amide bonds. The highest BCUT2D eigenvalue weighted by Crippen LogP contribution is 2.27. The highest BCUT2D eigenvalue weighted by Gasteiger charge is 2.28. The number of carboxylic acid groups (broad SMARTS) is 1. The zero-order valence-electron chi connectivity index (χ0n) is 8.27. The molecule has 84 valence electrons. The summed E-state index contributed by atoms with van der Waals surface area (Å²) in [4.78, 5) is 14.9. The highest BCUT2D eigenvalue weighted by atomic mass is 35.5. The molecule has 1 aliphatic rings. The van der Waals surface area contributed by atoms with Crippen molar-refractivity contribution in [2.45, 2.75) is 19.8 Å². The minimum atomic E-state index is -0.711. The zero-order valence-corrected chi connectivity index (χ0v) is 9.90. The van der Waals surface area contributed by atoms with Gasteiger partial charge in [-0.3, -0.25) is 9.78 Å². The summed E-state index contributed by atoms with van der Waals surface area (Å²) in [5, 5.41) is 8.85. The first-order valence-corrected chi connectivity index (χ1v) is 4.34. The smallest absolute Gasteiger partial charge is 0.307 e. The van der Waals surface area contributed by atoms with Gasteiger partial charge < -0.3 is 5.11 Å². The fraction of sp³-hybridized carbons (Fsp3) is 0.400. The van der Waals surface area contributed by atoms with Crippen LogP contribution in [0.3, 0.4) is 0 Å². The van der Waals surface area contributed by atoms with Crippen LogP contribution in [-0.2, 0) is 17.6 Å². The Hall–Kier alpha value is -0.800. The second kappa shape index (κ2) is 5.33. The molecule has 1 aromatic rings. The summed E-state index contributed by atoms with van der Waals surface area (Å²) in [6.45, 7) is 2.00. The molecule has 1 heterocycles. The molecular formula is C10H13Cl2NO2. The van der Waals surface area contributed by atoms with E-state index in [0.717, 1.165) is 16.8 Å². The number of hydrogen-bond acceptors (Lipinski definition) is 2. The van der Waals surface area contributed by atoms with Crippen molar-refractivity contribution < 1.29 is 9.90 Å². The van der Waals surface area contributed by atoms with Gasteiger partial charge in [0, 0.05) is 18.3 Å². The van der Waals surface area contributed by atoms with Gasteiger partial charge in [0.15, 0.2) is 0 Å². The number of aliphatic carboxylic acids is 1. The Balaban J connectivity index is 0.000000980. The van der Waals surface area contributed by atoms with E-state index in [1.807, 2.05) is 13.0 Å². The lowest BCUT2D eigenvalue weighted by Crippen LogP contribution is -2.13. The average molecular weight is 250 g/mol. The molecule has 1 unspecified atom stereocenters. The van der Waals surface area contributed by atoms with E-state index in [1.165, 1.54) is 0 Å². The Morgan fingerprint density at radius 1 is 1.47 bits per heavy atom. The third-order valence-electron chi connectivity index (χ3n) is 2.62. The summed E-state index contributed by atoms with van der Waals surface area (Å²) in [5.41, 5.74) is 3.26. The maximum absolute atomic E-state index is 10.8. The van der Waals surface area contributed by atoms with Crippen molar-refractivity contribution in [3.63, 3.8) is 0 Å². The van der Waals surface area contributed by atoms with E-state index in [1.54, 1.807) is 6.20 Å². The standard InChI is InChI=1S/C10H11NO2.2ClH/c1-6-2-3-11-9-5-7(10(12)13)4-8(6)9;;/h2-3,7H,4-5H2,1H3,(H,12,13);2*1H. The van der Waals surface area contributed by atoms with Crippen molar-refractivity contribution in [2.75, 3.05) is 0 Å². The van der Waals surface area contributed by atoms with Crippen molar-refractivity contribution in [2.24, 2.45) is 5.92 Å². The normalized spacial score (nSPS) is 17.3. The quantitative estimate of drug-likeness (QED) is 0.829. The summed E-state index contributed by atoms with van der Waals surface area (Å²) in [6, 6.07) is 1.93. The predicted octanol–water partition coefficient (Wildman–Crippen LogP) is 2.03. The van der Waals surface area contributed by atoms with Crippen LogP contribution in [0.5, 0.6) is 0 Å². The first-order chi connectivity index (χ1) is 6.18. The van der Waals surface area contributed by atoms with Gasteiger partial charge in [0.25, 0.3) is 0 Å². The van der Waals surface area contributed by atoms with Gasteiger partial charge in [0.2, 0.25) is 0 Å². The summed E-state index contributed by atoms with van der Waals surface area (Å²) in [6.07, 6.45) is 2.98. The number of carboxylic acids is 1. The van der Waals surface area contributed by atoms with Gasteiger partial charge in [-0.05, 0) is 30.5 Å². The number of nitrogens with zero attached hydrogens (tertiary/aromatic N) is 1. The molecule has 0 saturated heterocycles. The second-order valence-corrected chi connectivity index (χ2v) is 3.50. The Kier molecular flexibility index (Phi) is 5.05. The summed E-state index contributed by atoms with van der Waals surface area (Å²) in [5.74, 6) is -0.971. The van der Waals surface area contributed by atoms with Crippen LogP contribution in [-0.4, -0.2) is 16.1 Å². The molecule has 0 aromatic carbocycles. The fourth-order valence-electron chi connectivity index (χ4n) is 1.83. The lowest BCUT2D eigenvalue weighted by molar-refractivity contribution is -0.141. The Bertz CT molecular complexity index is 368. The van der Waals surface area contributed by atoms with Gasteiger partial charge in [0.1, 0.15) is 0 Å². The van der Waals surface area contributed by atoms with E-state index < -0.39 is 5.97 Å². The average Bonchev–Trinajstić information content (AvgIpc) is 2.49. The van der Waals surface area contributed by atoms with E-state index in [0.29, 0.717) is 12.8 Å². The number of aryl methyl sites for hydroxylation is 1. The van der Waals surface area contributed by atoms with Crippen LogP contribution in [0.25, 0.3) is 0 Å². The molecule has 0 bridgehead atoms. The molecule has 15 heavy (non-hydrogen) atoms. The number of hydrogen-bond donors (Lipinski definition) is 1. The Labute approximate surface area is 101 Å². The molecule has 0 spiro atoms. The molecule has 3 nitrogen and oxygen atoms in total. The molecule has 2 rings (SSSR count). The van der Waals surface area contributed by atoms with Crippen molar-refractivity contribution in [3.05, 3.63) is 29.1 Å². The van der Waals surface area contributed by atoms with Crippen LogP contribution in [0.15, 0.2) is 12.3 Å². The van der Waals surface area contributed by atoms with Crippen molar-refractivity contribution >= 4 is 30.8 Å². The number of aromatic nitrogens is 1. The van der Waals surface area contributed by atoms with Crippen LogP contribution in [0, 0.1) is 12.8 Å². The first kappa shape index (κ1) is 14.2. The third-order valence-corrected chi connectivity index (χ3v) is 2.62.